The Labute approximate surface area is 203 Å². The zero-order chi connectivity index (χ0) is 25.2. The first-order valence-corrected chi connectivity index (χ1v) is 13.0. The lowest BCUT2D eigenvalue weighted by Gasteiger charge is -2.39. The molecule has 2 aromatic carbocycles. The van der Waals surface area contributed by atoms with Crippen LogP contribution in [-0.2, 0) is 19.6 Å². The number of likely N-dealkylation sites (tertiary alicyclic amines) is 2. The average molecular weight is 503 g/mol. The molecular formula is C23H30N6O5S. The maximum Gasteiger partial charge on any atom is 0.241 e. The molecule has 3 atom stereocenters. The Kier molecular flexibility index (Phi) is 7.24. The highest BCUT2D eigenvalue weighted by Gasteiger charge is 2.35. The Morgan fingerprint density at radius 1 is 1.11 bits per heavy atom. The van der Waals surface area contributed by atoms with Crippen molar-refractivity contribution >= 4 is 38.6 Å². The second kappa shape index (κ2) is 10.2. The summed E-state index contributed by atoms with van der Waals surface area (Å²) in [4.78, 5) is 28.4. The highest BCUT2D eigenvalue weighted by molar-refractivity contribution is 7.89. The fourth-order valence-corrected chi connectivity index (χ4v) is 6.16. The molecule has 2 aliphatic heterocycles. The van der Waals surface area contributed by atoms with Crippen molar-refractivity contribution < 1.29 is 23.1 Å². The second-order valence-electron chi connectivity index (χ2n) is 8.86. The molecule has 4 rings (SSSR count). The van der Waals surface area contributed by atoms with Gasteiger partial charge in [-0.15, -0.1) is 0 Å². The number of nitrogens with one attached hydrogen (secondary N) is 3. The first-order chi connectivity index (χ1) is 16.7. The van der Waals surface area contributed by atoms with Crippen LogP contribution in [0, 0.1) is 5.41 Å². The van der Waals surface area contributed by atoms with Gasteiger partial charge < -0.3 is 26.0 Å². The molecule has 2 heterocycles. The molecule has 6 N–H and O–H groups in total. The smallest absolute Gasteiger partial charge is 0.241 e. The van der Waals surface area contributed by atoms with Crippen molar-refractivity contribution in [2.24, 2.45) is 5.73 Å². The van der Waals surface area contributed by atoms with Gasteiger partial charge in [-0.25, -0.2) is 8.42 Å². The molecule has 0 saturated carbocycles. The number of piperidine rings is 2. The summed E-state index contributed by atoms with van der Waals surface area (Å²) in [6, 6.07) is 10.5. The SMILES string of the molecule is N=C(N)N1CCC[C@H](NC(=O)CN2CCC[C@H](NS(=O)(=O)c3cccc4ccccc34)C2=O)C1O. The standard InChI is InChI=1S/C23H30N6O5S/c24-23(25)29-13-5-9-17(22(29)32)26-20(30)14-28-12-4-10-18(21(28)31)27-35(33,34)19-11-3-7-15-6-1-2-8-16(15)19/h1-3,6-8,11,17-18,22,27,32H,4-5,9-10,12-14H2,(H3,24,25)(H,26,30)/t17-,18-,22?/m0/s1. The number of rotatable bonds is 6. The van der Waals surface area contributed by atoms with Crippen LogP contribution in [0.2, 0.25) is 0 Å². The van der Waals surface area contributed by atoms with Crippen molar-refractivity contribution in [2.75, 3.05) is 19.6 Å². The number of amides is 2. The summed E-state index contributed by atoms with van der Waals surface area (Å²) < 4.78 is 28.8. The molecular weight excluding hydrogens is 472 g/mol. The molecule has 2 amide bonds. The average Bonchev–Trinajstić information content (AvgIpc) is 2.82. The quantitative estimate of drug-likeness (QED) is 0.271. The van der Waals surface area contributed by atoms with Gasteiger partial charge in [-0.2, -0.15) is 4.72 Å². The van der Waals surface area contributed by atoms with Crippen molar-refractivity contribution in [3.8, 4) is 0 Å². The molecule has 188 valence electrons. The largest absolute Gasteiger partial charge is 0.371 e. The van der Waals surface area contributed by atoms with E-state index in [1.807, 2.05) is 18.2 Å². The van der Waals surface area contributed by atoms with Gasteiger partial charge in [0.15, 0.2) is 5.96 Å². The Hall–Kier alpha value is -3.22. The van der Waals surface area contributed by atoms with Crippen molar-refractivity contribution in [3.05, 3.63) is 42.5 Å². The minimum Gasteiger partial charge on any atom is -0.371 e. The fraction of sp³-hybridized carbons (Fsp3) is 0.435. The van der Waals surface area contributed by atoms with Gasteiger partial charge in [0.25, 0.3) is 0 Å². The molecule has 2 fully saturated rings. The summed E-state index contributed by atoms with van der Waals surface area (Å²) in [6.07, 6.45) is 0.893. The summed E-state index contributed by atoms with van der Waals surface area (Å²) in [5.74, 6) is -1.21. The maximum atomic E-state index is 13.2. The molecule has 11 nitrogen and oxygen atoms in total. The van der Waals surface area contributed by atoms with E-state index in [0.717, 1.165) is 5.39 Å². The van der Waals surface area contributed by atoms with E-state index in [9.17, 15) is 23.1 Å². The summed E-state index contributed by atoms with van der Waals surface area (Å²) >= 11 is 0. The third-order valence-corrected chi connectivity index (χ3v) is 7.98. The number of fused-ring (bicyclic) bond motifs is 1. The molecule has 35 heavy (non-hydrogen) atoms. The fourth-order valence-electron chi connectivity index (χ4n) is 4.70. The number of nitrogens with zero attached hydrogens (tertiary/aromatic N) is 2. The van der Waals surface area contributed by atoms with Crippen molar-refractivity contribution in [2.45, 2.75) is 48.9 Å². The van der Waals surface area contributed by atoms with E-state index in [0.29, 0.717) is 44.2 Å². The van der Waals surface area contributed by atoms with Crippen LogP contribution in [0.4, 0.5) is 0 Å². The van der Waals surface area contributed by atoms with Crippen LogP contribution in [-0.4, -0.2) is 79.0 Å². The number of carbonyl (C=O) groups excluding carboxylic acids is 2. The van der Waals surface area contributed by atoms with Gasteiger partial charge in [-0.1, -0.05) is 36.4 Å². The second-order valence-corrected chi connectivity index (χ2v) is 10.5. The lowest BCUT2D eigenvalue weighted by Crippen LogP contribution is -2.60. The van der Waals surface area contributed by atoms with E-state index in [2.05, 4.69) is 10.0 Å². The predicted molar refractivity (Wildman–Crippen MR) is 130 cm³/mol. The zero-order valence-electron chi connectivity index (χ0n) is 19.2. The van der Waals surface area contributed by atoms with Gasteiger partial charge in [0.2, 0.25) is 21.8 Å². The van der Waals surface area contributed by atoms with Crippen LogP contribution in [0.25, 0.3) is 10.8 Å². The molecule has 2 aromatic rings. The van der Waals surface area contributed by atoms with Gasteiger partial charge in [-0.3, -0.25) is 15.0 Å². The Morgan fingerprint density at radius 3 is 2.60 bits per heavy atom. The number of hydrogen-bond donors (Lipinski definition) is 5. The van der Waals surface area contributed by atoms with Gasteiger partial charge in [0.05, 0.1) is 17.5 Å². The van der Waals surface area contributed by atoms with Crippen molar-refractivity contribution in [3.63, 3.8) is 0 Å². The normalized spacial score (nSPS) is 23.3. The van der Waals surface area contributed by atoms with E-state index in [1.165, 1.54) is 15.9 Å². The van der Waals surface area contributed by atoms with Crippen molar-refractivity contribution in [1.29, 1.82) is 5.41 Å². The highest BCUT2D eigenvalue weighted by Crippen LogP contribution is 2.24. The van der Waals surface area contributed by atoms with E-state index < -0.39 is 40.1 Å². The summed E-state index contributed by atoms with van der Waals surface area (Å²) in [7, 11) is -3.98. The van der Waals surface area contributed by atoms with E-state index in [-0.39, 0.29) is 17.4 Å². The molecule has 1 unspecified atom stereocenters. The van der Waals surface area contributed by atoms with Crippen LogP contribution in [0.5, 0.6) is 0 Å². The number of benzene rings is 2. The zero-order valence-corrected chi connectivity index (χ0v) is 20.0. The van der Waals surface area contributed by atoms with Crippen LogP contribution in [0.15, 0.2) is 47.4 Å². The summed E-state index contributed by atoms with van der Waals surface area (Å²) in [6.45, 7) is 0.492. The maximum absolute atomic E-state index is 13.2. The Balaban J connectivity index is 1.41. The number of aliphatic hydroxyl groups excluding tert-OH is 1. The number of hydrogen-bond acceptors (Lipinski definition) is 6. The lowest BCUT2D eigenvalue weighted by atomic mass is 10.0. The Morgan fingerprint density at radius 2 is 1.83 bits per heavy atom. The first-order valence-electron chi connectivity index (χ1n) is 11.5. The van der Waals surface area contributed by atoms with Crippen LogP contribution >= 0.6 is 0 Å². The van der Waals surface area contributed by atoms with Gasteiger partial charge >= 0.3 is 0 Å². The first kappa shape index (κ1) is 24.9. The number of nitrogens with two attached hydrogens (primary N) is 1. The van der Waals surface area contributed by atoms with Crippen molar-refractivity contribution in [1.82, 2.24) is 19.8 Å². The molecule has 2 aliphatic rings. The van der Waals surface area contributed by atoms with Gasteiger partial charge in [-0.05, 0) is 37.1 Å². The number of carbonyl (C=O) groups is 2. The van der Waals surface area contributed by atoms with Crippen LogP contribution in [0.3, 0.4) is 0 Å². The molecule has 0 bridgehead atoms. The molecule has 0 spiro atoms. The predicted octanol–water partition coefficient (Wildman–Crippen LogP) is -0.0984. The topological polar surface area (TPSA) is 169 Å². The van der Waals surface area contributed by atoms with E-state index in [1.54, 1.807) is 18.2 Å². The Bertz CT molecular complexity index is 1230. The molecule has 0 radical (unpaired) electrons. The van der Waals surface area contributed by atoms with Gasteiger partial charge in [0, 0.05) is 18.5 Å². The van der Waals surface area contributed by atoms with E-state index >= 15 is 0 Å². The number of sulfonamides is 1. The van der Waals surface area contributed by atoms with Gasteiger partial charge in [0.1, 0.15) is 12.3 Å². The molecule has 0 aliphatic carbocycles. The minimum absolute atomic E-state index is 0.0968. The molecule has 12 heteroatoms. The van der Waals surface area contributed by atoms with Crippen LogP contribution in [0.1, 0.15) is 25.7 Å². The summed E-state index contributed by atoms with van der Waals surface area (Å²) in [5.41, 5.74) is 5.48. The highest BCUT2D eigenvalue weighted by atomic mass is 32.2. The lowest BCUT2D eigenvalue weighted by molar-refractivity contribution is -0.140. The summed E-state index contributed by atoms with van der Waals surface area (Å²) in [5, 5.41) is 22.0. The third-order valence-electron chi connectivity index (χ3n) is 6.45. The monoisotopic (exact) mass is 502 g/mol. The number of guanidine groups is 1. The van der Waals surface area contributed by atoms with Crippen LogP contribution < -0.4 is 15.8 Å². The molecule has 0 aromatic heterocycles. The van der Waals surface area contributed by atoms with E-state index in [4.69, 9.17) is 11.1 Å². The third kappa shape index (κ3) is 5.39. The molecule has 2 saturated heterocycles. The number of aliphatic hydroxyl groups is 1. The minimum atomic E-state index is -3.98.